The number of thioether (sulfide) groups is 1. The number of aromatic amines is 1. The maximum atomic E-state index is 12.0. The topological polar surface area (TPSA) is 83.0 Å². The number of nitrogens with zero attached hydrogens (tertiary/aromatic N) is 1. The lowest BCUT2D eigenvalue weighted by Gasteiger charge is -2.07. The number of benzene rings is 2. The van der Waals surface area contributed by atoms with Crippen LogP contribution in [0.15, 0.2) is 76.7 Å². The van der Waals surface area contributed by atoms with Gasteiger partial charge in [-0.05, 0) is 17.2 Å². The number of hydrogen-bond acceptors (Lipinski definition) is 4. The van der Waals surface area contributed by atoms with Crippen LogP contribution in [0, 0.1) is 0 Å². The van der Waals surface area contributed by atoms with E-state index in [4.69, 9.17) is 5.11 Å². The van der Waals surface area contributed by atoms with Crippen molar-refractivity contribution in [1.29, 1.82) is 0 Å². The molecule has 0 aliphatic carbocycles. The molecule has 1 aromatic heterocycles. The quantitative estimate of drug-likeness (QED) is 0.395. The van der Waals surface area contributed by atoms with E-state index in [2.05, 4.69) is 9.97 Å². The highest BCUT2D eigenvalue weighted by Crippen LogP contribution is 2.24. The monoisotopic (exact) mass is 364 g/mol. The number of hydrogen-bond donors (Lipinski definition) is 2. The first-order valence-corrected chi connectivity index (χ1v) is 8.89. The standard InChI is InChI=1S/C20H16N2O3S/c23-18-12-17(15-7-2-1-3-8-15)21-20(22-18)26-13-16-9-5-4-6-14(16)10-11-19(24)25/h1-12H,13H2,(H,24,25)(H,21,22,23)/b11-10+. The Balaban J connectivity index is 1.82. The van der Waals surface area contributed by atoms with E-state index < -0.39 is 5.97 Å². The third kappa shape index (κ3) is 4.70. The number of aromatic nitrogens is 2. The van der Waals surface area contributed by atoms with Gasteiger partial charge in [0.2, 0.25) is 0 Å². The van der Waals surface area contributed by atoms with Gasteiger partial charge >= 0.3 is 5.97 Å². The van der Waals surface area contributed by atoms with Crippen LogP contribution in [-0.4, -0.2) is 21.0 Å². The molecular formula is C20H16N2O3S. The molecule has 0 unspecified atom stereocenters. The lowest BCUT2D eigenvalue weighted by molar-refractivity contribution is -0.131. The van der Waals surface area contributed by atoms with Crippen molar-refractivity contribution in [1.82, 2.24) is 9.97 Å². The Labute approximate surface area is 154 Å². The minimum atomic E-state index is -0.992. The van der Waals surface area contributed by atoms with Gasteiger partial charge < -0.3 is 10.1 Å². The summed E-state index contributed by atoms with van der Waals surface area (Å²) in [5.41, 5.74) is 3.08. The van der Waals surface area contributed by atoms with E-state index in [0.29, 0.717) is 16.6 Å². The average Bonchev–Trinajstić information content (AvgIpc) is 2.65. The van der Waals surface area contributed by atoms with Crippen molar-refractivity contribution in [2.24, 2.45) is 0 Å². The van der Waals surface area contributed by atoms with Crippen LogP contribution in [0.1, 0.15) is 11.1 Å². The lowest BCUT2D eigenvalue weighted by Crippen LogP contribution is -2.08. The third-order valence-electron chi connectivity index (χ3n) is 3.61. The summed E-state index contributed by atoms with van der Waals surface area (Å²) in [6.07, 6.45) is 2.68. The predicted octanol–water partition coefficient (Wildman–Crippen LogP) is 3.83. The number of carbonyl (C=O) groups is 1. The molecule has 2 N–H and O–H groups in total. The van der Waals surface area contributed by atoms with Gasteiger partial charge in [0.1, 0.15) is 0 Å². The number of H-pyrrole nitrogens is 1. The molecule has 1 heterocycles. The van der Waals surface area contributed by atoms with Gasteiger partial charge in [-0.3, -0.25) is 4.79 Å². The Bertz CT molecular complexity index is 997. The largest absolute Gasteiger partial charge is 0.478 e. The molecule has 130 valence electrons. The van der Waals surface area contributed by atoms with Crippen molar-refractivity contribution >= 4 is 23.8 Å². The fourth-order valence-electron chi connectivity index (χ4n) is 2.40. The molecule has 2 aromatic carbocycles. The third-order valence-corrected chi connectivity index (χ3v) is 4.54. The van der Waals surface area contributed by atoms with Crippen LogP contribution in [0.2, 0.25) is 0 Å². The first-order chi connectivity index (χ1) is 12.6. The van der Waals surface area contributed by atoms with Crippen LogP contribution >= 0.6 is 11.8 Å². The Hall–Kier alpha value is -3.12. The van der Waals surface area contributed by atoms with Crippen LogP contribution in [0.25, 0.3) is 17.3 Å². The first-order valence-electron chi connectivity index (χ1n) is 7.90. The summed E-state index contributed by atoms with van der Waals surface area (Å²) in [6.45, 7) is 0. The Kier molecular flexibility index (Phi) is 5.66. The van der Waals surface area contributed by atoms with Crippen LogP contribution in [0.5, 0.6) is 0 Å². The van der Waals surface area contributed by atoms with Gasteiger partial charge in [-0.2, -0.15) is 0 Å². The highest BCUT2D eigenvalue weighted by atomic mass is 32.2. The molecule has 0 radical (unpaired) electrons. The molecule has 0 atom stereocenters. The maximum Gasteiger partial charge on any atom is 0.328 e. The molecule has 0 amide bonds. The molecule has 0 aliphatic rings. The molecule has 3 rings (SSSR count). The molecule has 5 nitrogen and oxygen atoms in total. The summed E-state index contributed by atoms with van der Waals surface area (Å²) in [5, 5.41) is 9.32. The van der Waals surface area contributed by atoms with Crippen molar-refractivity contribution < 1.29 is 9.90 Å². The fraction of sp³-hybridized carbons (Fsp3) is 0.0500. The molecule has 0 fully saturated rings. The van der Waals surface area contributed by atoms with Gasteiger partial charge in [0, 0.05) is 23.5 Å². The fourth-order valence-corrected chi connectivity index (χ4v) is 3.29. The predicted molar refractivity (Wildman–Crippen MR) is 103 cm³/mol. The number of rotatable bonds is 6. The summed E-state index contributed by atoms with van der Waals surface area (Å²) in [4.78, 5) is 29.9. The zero-order valence-corrected chi connectivity index (χ0v) is 14.6. The Morgan fingerprint density at radius 1 is 1.12 bits per heavy atom. The second-order valence-corrected chi connectivity index (χ2v) is 6.42. The van der Waals surface area contributed by atoms with E-state index in [9.17, 15) is 9.59 Å². The van der Waals surface area contributed by atoms with Crippen LogP contribution < -0.4 is 5.56 Å². The van der Waals surface area contributed by atoms with E-state index in [1.807, 2.05) is 54.6 Å². The number of nitrogens with one attached hydrogen (secondary N) is 1. The molecule has 0 spiro atoms. The van der Waals surface area contributed by atoms with E-state index >= 15 is 0 Å². The van der Waals surface area contributed by atoms with E-state index in [-0.39, 0.29) is 5.56 Å². The number of aliphatic carboxylic acids is 1. The molecule has 0 saturated heterocycles. The Morgan fingerprint density at radius 2 is 1.85 bits per heavy atom. The zero-order valence-electron chi connectivity index (χ0n) is 13.8. The van der Waals surface area contributed by atoms with E-state index in [1.54, 1.807) is 6.08 Å². The molecular weight excluding hydrogens is 348 g/mol. The zero-order chi connectivity index (χ0) is 18.4. The van der Waals surface area contributed by atoms with Crippen molar-refractivity contribution in [2.75, 3.05) is 0 Å². The highest BCUT2D eigenvalue weighted by Gasteiger charge is 2.06. The molecule has 26 heavy (non-hydrogen) atoms. The lowest BCUT2D eigenvalue weighted by atomic mass is 10.1. The second kappa shape index (κ2) is 8.31. The van der Waals surface area contributed by atoms with Gasteiger partial charge in [0.05, 0.1) is 5.69 Å². The normalized spacial score (nSPS) is 10.9. The van der Waals surface area contributed by atoms with Gasteiger partial charge in [-0.25, -0.2) is 9.78 Å². The van der Waals surface area contributed by atoms with Gasteiger partial charge in [-0.1, -0.05) is 66.4 Å². The second-order valence-electron chi connectivity index (χ2n) is 5.46. The van der Waals surface area contributed by atoms with Gasteiger partial charge in [0.25, 0.3) is 5.56 Å². The molecule has 0 aliphatic heterocycles. The van der Waals surface area contributed by atoms with Crippen molar-refractivity contribution in [3.05, 3.63) is 88.2 Å². The molecule has 0 bridgehead atoms. The van der Waals surface area contributed by atoms with Crippen molar-refractivity contribution in [2.45, 2.75) is 10.9 Å². The summed E-state index contributed by atoms with van der Waals surface area (Å²) in [7, 11) is 0. The summed E-state index contributed by atoms with van der Waals surface area (Å²) in [5.74, 6) is -0.435. The van der Waals surface area contributed by atoms with Gasteiger partial charge in [-0.15, -0.1) is 0 Å². The maximum absolute atomic E-state index is 12.0. The van der Waals surface area contributed by atoms with Crippen LogP contribution in [-0.2, 0) is 10.5 Å². The smallest absolute Gasteiger partial charge is 0.328 e. The highest BCUT2D eigenvalue weighted by molar-refractivity contribution is 7.98. The molecule has 0 saturated carbocycles. The summed E-state index contributed by atoms with van der Waals surface area (Å²) in [6, 6.07) is 18.5. The van der Waals surface area contributed by atoms with E-state index in [0.717, 1.165) is 22.8 Å². The van der Waals surface area contributed by atoms with Gasteiger partial charge in [0.15, 0.2) is 5.16 Å². The van der Waals surface area contributed by atoms with E-state index in [1.165, 1.54) is 17.8 Å². The number of carboxylic acid groups (broad SMARTS) is 1. The van der Waals surface area contributed by atoms with Crippen molar-refractivity contribution in [3.8, 4) is 11.3 Å². The summed E-state index contributed by atoms with van der Waals surface area (Å²) >= 11 is 1.40. The minimum Gasteiger partial charge on any atom is -0.478 e. The minimum absolute atomic E-state index is 0.208. The SMILES string of the molecule is O=C(O)/C=C/c1ccccc1CSc1nc(-c2ccccc2)cc(=O)[nH]1. The summed E-state index contributed by atoms with van der Waals surface area (Å²) < 4.78 is 0. The van der Waals surface area contributed by atoms with Crippen LogP contribution in [0.4, 0.5) is 0 Å². The van der Waals surface area contributed by atoms with Crippen LogP contribution in [0.3, 0.4) is 0 Å². The number of carboxylic acids is 1. The molecule has 6 heteroatoms. The van der Waals surface area contributed by atoms with Crippen molar-refractivity contribution in [3.63, 3.8) is 0 Å². The first kappa shape index (κ1) is 17.7. The average molecular weight is 364 g/mol. The molecule has 3 aromatic rings. The Morgan fingerprint density at radius 3 is 2.62 bits per heavy atom.